The zero-order valence-corrected chi connectivity index (χ0v) is 24.5. The topological polar surface area (TPSA) is 43.6 Å². The first-order valence-corrected chi connectivity index (χ1v) is 15.7. The van der Waals surface area contributed by atoms with Crippen LogP contribution >= 0.6 is 0 Å². The molecule has 212 valence electrons. The fourth-order valence-electron chi connectivity index (χ4n) is 7.78. The van der Waals surface area contributed by atoms with Crippen LogP contribution in [0.5, 0.6) is 0 Å². The summed E-state index contributed by atoms with van der Waals surface area (Å²) >= 11 is 0. The number of hydrogen-bond donors (Lipinski definition) is 3. The Bertz CT molecular complexity index is 2410. The Morgan fingerprint density at radius 3 is 1.60 bits per heavy atom. The van der Waals surface area contributed by atoms with Crippen molar-refractivity contribution < 1.29 is 0 Å². The highest BCUT2D eigenvalue weighted by Crippen LogP contribution is 2.46. The molecule has 1 aliphatic carbocycles. The lowest BCUT2D eigenvalue weighted by atomic mass is 9.88. The van der Waals surface area contributed by atoms with Crippen LogP contribution in [0.3, 0.4) is 0 Å². The van der Waals surface area contributed by atoms with Gasteiger partial charge < -0.3 is 15.3 Å². The molecule has 3 nitrogen and oxygen atoms in total. The molecule has 3 N–H and O–H groups in total. The average Bonchev–Trinajstić information content (AvgIpc) is 3.79. The van der Waals surface area contributed by atoms with E-state index in [4.69, 9.17) is 0 Å². The van der Waals surface area contributed by atoms with Gasteiger partial charge in [0.05, 0.1) is 17.1 Å². The number of H-pyrrole nitrogens is 2. The minimum absolute atomic E-state index is 0.286. The van der Waals surface area contributed by atoms with Crippen molar-refractivity contribution in [2.24, 2.45) is 0 Å². The van der Waals surface area contributed by atoms with Crippen molar-refractivity contribution >= 4 is 49.3 Å². The van der Waals surface area contributed by atoms with Crippen LogP contribution in [0, 0.1) is 0 Å². The van der Waals surface area contributed by atoms with Gasteiger partial charge in [0.15, 0.2) is 0 Å². The van der Waals surface area contributed by atoms with Crippen molar-refractivity contribution in [3.05, 3.63) is 151 Å². The van der Waals surface area contributed by atoms with Crippen LogP contribution in [0.4, 0.5) is 5.69 Å². The molecule has 2 aromatic heterocycles. The van der Waals surface area contributed by atoms with Gasteiger partial charge in [-0.3, -0.25) is 0 Å². The molecule has 0 fully saturated rings. The third kappa shape index (κ3) is 3.64. The number of para-hydroxylation sites is 5. The van der Waals surface area contributed by atoms with Crippen molar-refractivity contribution in [2.75, 3.05) is 5.32 Å². The average molecular weight is 576 g/mol. The van der Waals surface area contributed by atoms with Gasteiger partial charge in [0, 0.05) is 60.9 Å². The van der Waals surface area contributed by atoms with Gasteiger partial charge in [-0.1, -0.05) is 115 Å². The summed E-state index contributed by atoms with van der Waals surface area (Å²) in [6.45, 7) is 0. The molecule has 0 saturated heterocycles. The Balaban J connectivity index is 1.25. The number of benzene rings is 6. The van der Waals surface area contributed by atoms with Gasteiger partial charge in [-0.2, -0.15) is 0 Å². The lowest BCUT2D eigenvalue weighted by Crippen LogP contribution is -2.17. The molecule has 1 aliphatic heterocycles. The molecule has 0 spiro atoms. The van der Waals surface area contributed by atoms with E-state index in [2.05, 4.69) is 161 Å². The number of anilines is 1. The van der Waals surface area contributed by atoms with Crippen LogP contribution in [0.15, 0.2) is 146 Å². The normalized spacial score (nSPS) is 16.9. The van der Waals surface area contributed by atoms with E-state index in [0.29, 0.717) is 5.92 Å². The first kappa shape index (κ1) is 24.6. The summed E-state index contributed by atoms with van der Waals surface area (Å²) in [4.78, 5) is 7.51. The number of aromatic nitrogens is 2. The molecule has 6 aromatic carbocycles. The summed E-state index contributed by atoms with van der Waals surface area (Å²) in [6, 6.07) is 44.7. The van der Waals surface area contributed by atoms with E-state index >= 15 is 0 Å². The summed E-state index contributed by atoms with van der Waals surface area (Å²) in [5, 5.41) is 8.87. The quantitative estimate of drug-likeness (QED) is 0.193. The lowest BCUT2D eigenvalue weighted by molar-refractivity contribution is 0.805. The summed E-state index contributed by atoms with van der Waals surface area (Å²) in [6.07, 6.45) is 8.93. The number of nitrogens with one attached hydrogen (secondary N) is 3. The van der Waals surface area contributed by atoms with E-state index in [0.717, 1.165) is 11.0 Å². The van der Waals surface area contributed by atoms with Gasteiger partial charge in [-0.15, -0.1) is 0 Å². The standard InChI is InChI=1S/C42H29N3/c1-4-19-37-31(10-1)34-16-7-13-28(40(34)43-37)25-22-26(29-14-8-17-35-32-11-2-5-20-38(32)44-41(29)35)24-27(23-25)30-15-9-18-36-33-12-3-6-21-39(33)45-42(30)36/h1-24,31,37,43-45H. The second-order valence-corrected chi connectivity index (χ2v) is 12.3. The predicted molar refractivity (Wildman–Crippen MR) is 190 cm³/mol. The van der Waals surface area contributed by atoms with Crippen LogP contribution in [0.1, 0.15) is 11.5 Å². The molecule has 2 aliphatic rings. The molecule has 3 heterocycles. The third-order valence-electron chi connectivity index (χ3n) is 9.85. The van der Waals surface area contributed by atoms with E-state index < -0.39 is 0 Å². The van der Waals surface area contributed by atoms with Crippen LogP contribution in [-0.2, 0) is 0 Å². The number of hydrogen-bond acceptors (Lipinski definition) is 1. The van der Waals surface area contributed by atoms with E-state index in [1.165, 1.54) is 77.2 Å². The second kappa shape index (κ2) is 9.35. The second-order valence-electron chi connectivity index (χ2n) is 12.3. The first-order chi connectivity index (χ1) is 22.3. The number of allylic oxidation sites excluding steroid dienone is 2. The maximum atomic E-state index is 3.87. The molecule has 0 bridgehead atoms. The van der Waals surface area contributed by atoms with Crippen molar-refractivity contribution in [1.82, 2.24) is 9.97 Å². The Labute approximate surface area is 260 Å². The molecular formula is C42H29N3. The molecular weight excluding hydrogens is 546 g/mol. The Morgan fingerprint density at radius 2 is 0.956 bits per heavy atom. The highest BCUT2D eigenvalue weighted by Gasteiger charge is 2.31. The number of aromatic amines is 2. The number of fused-ring (bicyclic) bond motifs is 9. The number of rotatable bonds is 3. The van der Waals surface area contributed by atoms with Crippen LogP contribution in [0.25, 0.3) is 77.0 Å². The molecule has 2 atom stereocenters. The van der Waals surface area contributed by atoms with Crippen LogP contribution < -0.4 is 5.32 Å². The summed E-state index contributed by atoms with van der Waals surface area (Å²) in [5.74, 6) is 0.354. The maximum Gasteiger partial charge on any atom is 0.0552 e. The zero-order valence-electron chi connectivity index (χ0n) is 24.5. The SMILES string of the molecule is C1=CC2Nc3c(-c4cc(-c5cccc6c5[nH]c5ccccc56)cc(-c5cccc6c5[nH]c5ccccc56)c4)cccc3C2C=C1. The smallest absolute Gasteiger partial charge is 0.0552 e. The summed E-state index contributed by atoms with van der Waals surface area (Å²) in [5.41, 5.74) is 14.5. The van der Waals surface area contributed by atoms with E-state index in [1.54, 1.807) is 0 Å². The van der Waals surface area contributed by atoms with Gasteiger partial charge in [0.2, 0.25) is 0 Å². The summed E-state index contributed by atoms with van der Waals surface area (Å²) < 4.78 is 0. The van der Waals surface area contributed by atoms with Crippen LogP contribution in [-0.4, -0.2) is 16.0 Å². The Morgan fingerprint density at radius 1 is 0.444 bits per heavy atom. The fraction of sp³-hybridized carbons (Fsp3) is 0.0476. The highest BCUT2D eigenvalue weighted by atomic mass is 15.0. The lowest BCUT2D eigenvalue weighted by Gasteiger charge is -2.16. The molecule has 0 saturated carbocycles. The minimum Gasteiger partial charge on any atom is -0.377 e. The predicted octanol–water partition coefficient (Wildman–Crippen LogP) is 11.0. The van der Waals surface area contributed by atoms with E-state index in [9.17, 15) is 0 Å². The molecule has 10 rings (SSSR count). The van der Waals surface area contributed by atoms with Crippen LogP contribution in [0.2, 0.25) is 0 Å². The molecule has 2 unspecified atom stereocenters. The molecule has 3 heteroatoms. The fourth-order valence-corrected chi connectivity index (χ4v) is 7.78. The molecule has 0 radical (unpaired) electrons. The first-order valence-electron chi connectivity index (χ1n) is 15.7. The van der Waals surface area contributed by atoms with E-state index in [1.807, 2.05) is 0 Å². The largest absolute Gasteiger partial charge is 0.377 e. The third-order valence-corrected chi connectivity index (χ3v) is 9.85. The monoisotopic (exact) mass is 575 g/mol. The minimum atomic E-state index is 0.286. The molecule has 45 heavy (non-hydrogen) atoms. The van der Waals surface area contributed by atoms with Gasteiger partial charge in [0.25, 0.3) is 0 Å². The highest BCUT2D eigenvalue weighted by molar-refractivity contribution is 6.14. The van der Waals surface area contributed by atoms with Gasteiger partial charge in [-0.05, 0) is 52.6 Å². The Kier molecular flexibility index (Phi) is 5.11. The van der Waals surface area contributed by atoms with Gasteiger partial charge in [-0.25, -0.2) is 0 Å². The van der Waals surface area contributed by atoms with Gasteiger partial charge >= 0.3 is 0 Å². The van der Waals surface area contributed by atoms with Crippen molar-refractivity contribution in [2.45, 2.75) is 12.0 Å². The Hall–Kier alpha value is -5.80. The van der Waals surface area contributed by atoms with Crippen molar-refractivity contribution in [1.29, 1.82) is 0 Å². The van der Waals surface area contributed by atoms with Crippen molar-refractivity contribution in [3.63, 3.8) is 0 Å². The molecule has 0 amide bonds. The van der Waals surface area contributed by atoms with E-state index in [-0.39, 0.29) is 6.04 Å². The van der Waals surface area contributed by atoms with Crippen molar-refractivity contribution in [3.8, 4) is 33.4 Å². The van der Waals surface area contributed by atoms with Gasteiger partial charge in [0.1, 0.15) is 0 Å². The summed E-state index contributed by atoms with van der Waals surface area (Å²) in [7, 11) is 0. The maximum absolute atomic E-state index is 3.87. The zero-order chi connectivity index (χ0) is 29.5. The molecule has 8 aromatic rings.